The quantitative estimate of drug-likeness (QED) is 0.775. The Kier molecular flexibility index (Phi) is 3.90. The van der Waals surface area contributed by atoms with Crippen LogP contribution in [-0.4, -0.2) is 13.4 Å². The number of carbonyl (C=O) groups excluding carboxylic acids is 1. The molecule has 0 radical (unpaired) electrons. The molecule has 0 unspecified atom stereocenters. The van der Waals surface area contributed by atoms with Crippen molar-refractivity contribution in [2.24, 2.45) is 0 Å². The summed E-state index contributed by atoms with van der Waals surface area (Å²) in [6, 6.07) is 10.9. The molecule has 4 heteroatoms. The van der Waals surface area contributed by atoms with Crippen LogP contribution in [0.3, 0.4) is 0 Å². The van der Waals surface area contributed by atoms with E-state index in [1.165, 1.54) is 19.2 Å². The predicted octanol–water partition coefficient (Wildman–Crippen LogP) is 4.11. The van der Waals surface area contributed by atoms with E-state index in [1.54, 1.807) is 30.3 Å². The van der Waals surface area contributed by atoms with Gasteiger partial charge in [-0.15, -0.1) is 0 Å². The van der Waals surface area contributed by atoms with Crippen molar-refractivity contribution in [3.8, 4) is 16.9 Å². The average molecular weight is 262 g/mol. The van der Waals surface area contributed by atoms with Crippen molar-refractivity contribution in [3.05, 3.63) is 53.6 Å². The first-order valence-electron chi connectivity index (χ1n) is 5.67. The first kappa shape index (κ1) is 13.2. The summed E-state index contributed by atoms with van der Waals surface area (Å²) in [6.45, 7) is 0. The van der Waals surface area contributed by atoms with Crippen molar-refractivity contribution in [2.45, 2.75) is 6.43 Å². The Morgan fingerprint density at radius 3 is 2.32 bits per heavy atom. The number of hydrogen-bond acceptors (Lipinski definition) is 2. The highest BCUT2D eigenvalue weighted by molar-refractivity contribution is 5.81. The zero-order chi connectivity index (χ0) is 13.8. The lowest BCUT2D eigenvalue weighted by molar-refractivity contribution is 0.112. The van der Waals surface area contributed by atoms with E-state index in [0.717, 1.165) is 11.8 Å². The number of halogens is 2. The number of aldehydes is 1. The van der Waals surface area contributed by atoms with Gasteiger partial charge < -0.3 is 4.74 Å². The standard InChI is InChI=1S/C15H12F2O2/c1-19-14-7-2-10(9-18)8-13(14)11-3-5-12(6-4-11)15(16)17/h2-9,15H,1H3. The second-order valence-corrected chi connectivity index (χ2v) is 4.00. The van der Waals surface area contributed by atoms with E-state index in [2.05, 4.69) is 0 Å². The third-order valence-corrected chi connectivity index (χ3v) is 2.83. The van der Waals surface area contributed by atoms with Crippen LogP contribution in [0.15, 0.2) is 42.5 Å². The van der Waals surface area contributed by atoms with Gasteiger partial charge in [-0.3, -0.25) is 4.79 Å². The second-order valence-electron chi connectivity index (χ2n) is 4.00. The number of benzene rings is 2. The molecule has 0 saturated carbocycles. The predicted molar refractivity (Wildman–Crippen MR) is 68.8 cm³/mol. The SMILES string of the molecule is COc1ccc(C=O)cc1-c1ccc(C(F)F)cc1. The lowest BCUT2D eigenvalue weighted by atomic mass is 10.0. The molecule has 0 aliphatic rings. The molecule has 0 heterocycles. The van der Waals surface area contributed by atoms with E-state index < -0.39 is 6.43 Å². The fourth-order valence-electron chi connectivity index (χ4n) is 1.83. The molecular formula is C15H12F2O2. The van der Waals surface area contributed by atoms with E-state index in [-0.39, 0.29) is 5.56 Å². The van der Waals surface area contributed by atoms with Crippen LogP contribution in [0.5, 0.6) is 5.75 Å². The van der Waals surface area contributed by atoms with Crippen LogP contribution in [0.2, 0.25) is 0 Å². The summed E-state index contributed by atoms with van der Waals surface area (Å²) < 4.78 is 30.2. The van der Waals surface area contributed by atoms with Crippen molar-refractivity contribution >= 4 is 6.29 Å². The van der Waals surface area contributed by atoms with E-state index in [0.29, 0.717) is 16.9 Å². The van der Waals surface area contributed by atoms with Crippen LogP contribution >= 0.6 is 0 Å². The molecule has 0 spiro atoms. The Morgan fingerprint density at radius 1 is 1.11 bits per heavy atom. The zero-order valence-corrected chi connectivity index (χ0v) is 10.3. The maximum atomic E-state index is 12.5. The van der Waals surface area contributed by atoms with E-state index in [1.807, 2.05) is 0 Å². The van der Waals surface area contributed by atoms with E-state index in [4.69, 9.17) is 4.74 Å². The van der Waals surface area contributed by atoms with Gasteiger partial charge in [-0.2, -0.15) is 0 Å². The first-order valence-corrected chi connectivity index (χ1v) is 5.67. The summed E-state index contributed by atoms with van der Waals surface area (Å²) in [5, 5.41) is 0. The van der Waals surface area contributed by atoms with Gasteiger partial charge in [0.1, 0.15) is 12.0 Å². The second kappa shape index (κ2) is 5.61. The summed E-state index contributed by atoms with van der Waals surface area (Å²) in [6.07, 6.45) is -1.76. The van der Waals surface area contributed by atoms with Crippen LogP contribution in [0.4, 0.5) is 8.78 Å². The van der Waals surface area contributed by atoms with Gasteiger partial charge in [-0.1, -0.05) is 24.3 Å². The van der Waals surface area contributed by atoms with Crippen molar-refractivity contribution in [1.29, 1.82) is 0 Å². The molecule has 0 saturated heterocycles. The number of rotatable bonds is 4. The van der Waals surface area contributed by atoms with Crippen molar-refractivity contribution < 1.29 is 18.3 Å². The highest BCUT2D eigenvalue weighted by Gasteiger charge is 2.10. The summed E-state index contributed by atoms with van der Waals surface area (Å²) in [4.78, 5) is 10.8. The molecule has 0 amide bonds. The minimum Gasteiger partial charge on any atom is -0.496 e. The molecule has 0 aliphatic carbocycles. The third kappa shape index (κ3) is 2.78. The van der Waals surface area contributed by atoms with Crippen LogP contribution in [0, 0.1) is 0 Å². The highest BCUT2D eigenvalue weighted by Crippen LogP contribution is 2.31. The fraction of sp³-hybridized carbons (Fsp3) is 0.133. The van der Waals surface area contributed by atoms with E-state index in [9.17, 15) is 13.6 Å². The maximum absolute atomic E-state index is 12.5. The van der Waals surface area contributed by atoms with E-state index >= 15 is 0 Å². The number of alkyl halides is 2. The summed E-state index contributed by atoms with van der Waals surface area (Å²) in [7, 11) is 1.52. The normalized spacial score (nSPS) is 10.5. The fourth-order valence-corrected chi connectivity index (χ4v) is 1.83. The molecule has 0 atom stereocenters. The van der Waals surface area contributed by atoms with Gasteiger partial charge in [-0.05, 0) is 23.8 Å². The maximum Gasteiger partial charge on any atom is 0.263 e. The van der Waals surface area contributed by atoms with Crippen molar-refractivity contribution in [2.75, 3.05) is 7.11 Å². The number of hydrogen-bond donors (Lipinski definition) is 0. The van der Waals surface area contributed by atoms with Crippen LogP contribution < -0.4 is 4.74 Å². The Bertz CT molecular complexity index is 577. The largest absolute Gasteiger partial charge is 0.496 e. The van der Waals surface area contributed by atoms with Gasteiger partial charge in [-0.25, -0.2) is 8.78 Å². The lowest BCUT2D eigenvalue weighted by Gasteiger charge is -2.10. The molecular weight excluding hydrogens is 250 g/mol. The Hall–Kier alpha value is -2.23. The minimum atomic E-state index is -2.49. The Morgan fingerprint density at radius 2 is 1.79 bits per heavy atom. The molecule has 2 nitrogen and oxygen atoms in total. The van der Waals surface area contributed by atoms with Crippen LogP contribution in [0.1, 0.15) is 22.3 Å². The van der Waals surface area contributed by atoms with Crippen LogP contribution in [0.25, 0.3) is 11.1 Å². The minimum absolute atomic E-state index is 0.0331. The molecule has 0 bridgehead atoms. The first-order chi connectivity index (χ1) is 9.15. The zero-order valence-electron chi connectivity index (χ0n) is 10.3. The van der Waals surface area contributed by atoms with Gasteiger partial charge >= 0.3 is 0 Å². The monoisotopic (exact) mass is 262 g/mol. The Labute approximate surface area is 109 Å². The third-order valence-electron chi connectivity index (χ3n) is 2.83. The molecule has 19 heavy (non-hydrogen) atoms. The van der Waals surface area contributed by atoms with Gasteiger partial charge in [0.05, 0.1) is 7.11 Å². The average Bonchev–Trinajstić information content (AvgIpc) is 2.46. The molecule has 2 aromatic rings. The highest BCUT2D eigenvalue weighted by atomic mass is 19.3. The van der Waals surface area contributed by atoms with Gasteiger partial charge in [0.15, 0.2) is 0 Å². The smallest absolute Gasteiger partial charge is 0.263 e. The van der Waals surface area contributed by atoms with Crippen molar-refractivity contribution in [3.63, 3.8) is 0 Å². The number of ether oxygens (including phenoxy) is 1. The number of carbonyl (C=O) groups is 1. The van der Waals surface area contributed by atoms with Gasteiger partial charge in [0.25, 0.3) is 6.43 Å². The van der Waals surface area contributed by atoms with Gasteiger partial charge in [0.2, 0.25) is 0 Å². The van der Waals surface area contributed by atoms with Crippen LogP contribution in [-0.2, 0) is 0 Å². The molecule has 0 aliphatic heterocycles. The number of methoxy groups -OCH3 is 1. The van der Waals surface area contributed by atoms with Crippen molar-refractivity contribution in [1.82, 2.24) is 0 Å². The summed E-state index contributed by atoms with van der Waals surface area (Å²) in [5.74, 6) is 0.593. The molecule has 2 rings (SSSR count). The summed E-state index contributed by atoms with van der Waals surface area (Å²) >= 11 is 0. The summed E-state index contributed by atoms with van der Waals surface area (Å²) in [5.41, 5.74) is 1.90. The molecule has 0 aromatic heterocycles. The lowest BCUT2D eigenvalue weighted by Crippen LogP contribution is -1.91. The van der Waals surface area contributed by atoms with Gasteiger partial charge in [0, 0.05) is 16.7 Å². The molecule has 0 N–H and O–H groups in total. The topological polar surface area (TPSA) is 26.3 Å². The Balaban J connectivity index is 2.47. The molecule has 2 aromatic carbocycles. The molecule has 98 valence electrons. The molecule has 0 fully saturated rings.